The van der Waals surface area contributed by atoms with E-state index in [4.69, 9.17) is 9.47 Å². The molecule has 122 valence electrons. The van der Waals surface area contributed by atoms with E-state index in [1.54, 1.807) is 13.2 Å². The van der Waals surface area contributed by atoms with Crippen LogP contribution < -0.4 is 4.74 Å². The third kappa shape index (κ3) is 3.36. The lowest BCUT2D eigenvalue weighted by atomic mass is 9.80. The second-order valence-corrected chi connectivity index (χ2v) is 6.27. The van der Waals surface area contributed by atoms with Gasteiger partial charge in [-0.15, -0.1) is 0 Å². The average Bonchev–Trinajstić information content (AvgIpc) is 2.52. The van der Waals surface area contributed by atoms with Crippen LogP contribution in [-0.4, -0.2) is 26.0 Å². The summed E-state index contributed by atoms with van der Waals surface area (Å²) in [5.41, 5.74) is 1.26. The SMILES string of the molecule is COC(=O)CC(C)(C)c1ccc2c(C(C)=O)c(OC)ccc2c1. The first-order valence-electron chi connectivity index (χ1n) is 7.49. The molecule has 0 N–H and O–H groups in total. The molecule has 0 radical (unpaired) electrons. The predicted molar refractivity (Wildman–Crippen MR) is 90.2 cm³/mol. The van der Waals surface area contributed by atoms with E-state index in [1.807, 2.05) is 38.1 Å². The minimum Gasteiger partial charge on any atom is -0.496 e. The molecule has 0 saturated carbocycles. The van der Waals surface area contributed by atoms with Crippen LogP contribution in [-0.2, 0) is 14.9 Å². The van der Waals surface area contributed by atoms with Crippen LogP contribution in [0, 0.1) is 0 Å². The van der Waals surface area contributed by atoms with Crippen molar-refractivity contribution in [2.75, 3.05) is 14.2 Å². The molecule has 2 rings (SSSR count). The zero-order valence-electron chi connectivity index (χ0n) is 14.2. The largest absolute Gasteiger partial charge is 0.496 e. The highest BCUT2D eigenvalue weighted by Gasteiger charge is 2.25. The van der Waals surface area contributed by atoms with Gasteiger partial charge in [0.25, 0.3) is 0 Å². The fourth-order valence-electron chi connectivity index (χ4n) is 2.80. The van der Waals surface area contributed by atoms with Crippen LogP contribution in [0.5, 0.6) is 5.75 Å². The van der Waals surface area contributed by atoms with E-state index in [2.05, 4.69) is 0 Å². The van der Waals surface area contributed by atoms with E-state index >= 15 is 0 Å². The number of ketones is 1. The van der Waals surface area contributed by atoms with Crippen LogP contribution >= 0.6 is 0 Å². The van der Waals surface area contributed by atoms with Crippen LogP contribution in [0.25, 0.3) is 10.8 Å². The summed E-state index contributed by atoms with van der Waals surface area (Å²) >= 11 is 0. The number of esters is 1. The Kier molecular flexibility index (Phi) is 4.73. The average molecular weight is 314 g/mol. The van der Waals surface area contributed by atoms with Gasteiger partial charge < -0.3 is 9.47 Å². The highest BCUT2D eigenvalue weighted by Crippen LogP contribution is 2.33. The van der Waals surface area contributed by atoms with Gasteiger partial charge in [-0.1, -0.05) is 38.1 Å². The molecular weight excluding hydrogens is 292 g/mol. The van der Waals surface area contributed by atoms with Crippen LogP contribution in [0.2, 0.25) is 0 Å². The Bertz CT molecular complexity index is 759. The number of fused-ring (bicyclic) bond motifs is 1. The first kappa shape index (κ1) is 17.0. The van der Waals surface area contributed by atoms with Gasteiger partial charge in [0.05, 0.1) is 26.2 Å². The van der Waals surface area contributed by atoms with E-state index in [-0.39, 0.29) is 17.2 Å². The summed E-state index contributed by atoms with van der Waals surface area (Å²) < 4.78 is 10.1. The molecule has 0 bridgehead atoms. The Morgan fingerprint density at radius 3 is 2.35 bits per heavy atom. The molecule has 4 heteroatoms. The van der Waals surface area contributed by atoms with Crippen LogP contribution in [0.4, 0.5) is 0 Å². The van der Waals surface area contributed by atoms with Gasteiger partial charge in [-0.25, -0.2) is 0 Å². The minimum atomic E-state index is -0.350. The standard InChI is InChI=1S/C19H22O4/c1-12(20)18-15-8-7-14(19(2,3)11-17(21)23-5)10-13(15)6-9-16(18)22-4/h6-10H,11H2,1-5H3. The van der Waals surface area contributed by atoms with Crippen molar-refractivity contribution in [3.8, 4) is 5.75 Å². The summed E-state index contributed by atoms with van der Waals surface area (Å²) in [7, 11) is 2.95. The maximum Gasteiger partial charge on any atom is 0.306 e. The first-order valence-corrected chi connectivity index (χ1v) is 7.49. The lowest BCUT2D eigenvalue weighted by molar-refractivity contribution is -0.141. The zero-order valence-corrected chi connectivity index (χ0v) is 14.2. The Balaban J connectivity index is 2.56. The molecule has 0 fully saturated rings. The predicted octanol–water partition coefficient (Wildman–Crippen LogP) is 3.89. The van der Waals surface area contributed by atoms with Crippen LogP contribution in [0.3, 0.4) is 0 Å². The highest BCUT2D eigenvalue weighted by molar-refractivity contribution is 6.09. The summed E-state index contributed by atoms with van der Waals surface area (Å²) in [4.78, 5) is 23.6. The Hall–Kier alpha value is -2.36. The molecule has 23 heavy (non-hydrogen) atoms. The molecule has 0 aliphatic carbocycles. The summed E-state index contributed by atoms with van der Waals surface area (Å²) in [6, 6.07) is 9.62. The van der Waals surface area contributed by atoms with Gasteiger partial charge in [0.2, 0.25) is 0 Å². The Labute approximate surface area is 136 Å². The van der Waals surface area contributed by atoms with E-state index in [1.165, 1.54) is 14.0 Å². The van der Waals surface area contributed by atoms with Gasteiger partial charge in [-0.05, 0) is 29.3 Å². The molecule has 0 spiro atoms. The van der Waals surface area contributed by atoms with Crippen molar-refractivity contribution in [1.82, 2.24) is 0 Å². The third-order valence-electron chi connectivity index (χ3n) is 4.15. The molecule has 4 nitrogen and oxygen atoms in total. The number of methoxy groups -OCH3 is 2. The molecule has 2 aromatic rings. The number of carbonyl (C=O) groups is 2. The third-order valence-corrected chi connectivity index (χ3v) is 4.15. The molecule has 0 atom stereocenters. The molecule has 0 aliphatic rings. The van der Waals surface area contributed by atoms with Gasteiger partial charge >= 0.3 is 5.97 Å². The van der Waals surface area contributed by atoms with Crippen molar-refractivity contribution in [2.45, 2.75) is 32.6 Å². The number of carbonyl (C=O) groups excluding carboxylic acids is 2. The molecule has 0 aliphatic heterocycles. The lowest BCUT2D eigenvalue weighted by Crippen LogP contribution is -2.22. The minimum absolute atomic E-state index is 0.0333. The van der Waals surface area contributed by atoms with E-state index in [0.29, 0.717) is 17.7 Å². The molecule has 0 aromatic heterocycles. The normalized spacial score (nSPS) is 11.3. The molecule has 0 heterocycles. The fourth-order valence-corrected chi connectivity index (χ4v) is 2.80. The van der Waals surface area contributed by atoms with E-state index < -0.39 is 0 Å². The van der Waals surface area contributed by atoms with E-state index in [0.717, 1.165) is 16.3 Å². The summed E-state index contributed by atoms with van der Waals surface area (Å²) in [6.45, 7) is 5.54. The zero-order chi connectivity index (χ0) is 17.2. The van der Waals surface area contributed by atoms with E-state index in [9.17, 15) is 9.59 Å². The maximum absolute atomic E-state index is 12.0. The number of ether oxygens (including phenoxy) is 2. The van der Waals surface area contributed by atoms with Crippen molar-refractivity contribution in [3.63, 3.8) is 0 Å². The molecule has 0 unspecified atom stereocenters. The van der Waals surface area contributed by atoms with Crippen molar-refractivity contribution in [3.05, 3.63) is 41.5 Å². The van der Waals surface area contributed by atoms with Crippen molar-refractivity contribution >= 4 is 22.5 Å². The van der Waals surface area contributed by atoms with Crippen LogP contribution in [0.1, 0.15) is 43.1 Å². The molecular formula is C19H22O4. The van der Waals surface area contributed by atoms with Crippen molar-refractivity contribution in [1.29, 1.82) is 0 Å². The topological polar surface area (TPSA) is 52.6 Å². The quantitative estimate of drug-likeness (QED) is 0.620. The summed E-state index contributed by atoms with van der Waals surface area (Å²) in [6.07, 6.45) is 0.296. The molecule has 0 saturated heterocycles. The number of rotatable bonds is 5. The van der Waals surface area contributed by atoms with Gasteiger partial charge in [-0.3, -0.25) is 9.59 Å². The second-order valence-electron chi connectivity index (χ2n) is 6.27. The lowest BCUT2D eigenvalue weighted by Gasteiger charge is -2.24. The van der Waals surface area contributed by atoms with Crippen molar-refractivity contribution in [2.24, 2.45) is 0 Å². The van der Waals surface area contributed by atoms with Crippen molar-refractivity contribution < 1.29 is 19.1 Å². The van der Waals surface area contributed by atoms with Gasteiger partial charge in [-0.2, -0.15) is 0 Å². The maximum atomic E-state index is 12.0. The molecule has 2 aromatic carbocycles. The number of hydrogen-bond donors (Lipinski definition) is 0. The van der Waals surface area contributed by atoms with Gasteiger partial charge in [0.1, 0.15) is 5.75 Å². The second kappa shape index (κ2) is 6.41. The first-order chi connectivity index (χ1) is 10.8. The monoisotopic (exact) mass is 314 g/mol. The smallest absolute Gasteiger partial charge is 0.306 e. The van der Waals surface area contributed by atoms with Crippen LogP contribution in [0.15, 0.2) is 30.3 Å². The van der Waals surface area contributed by atoms with Gasteiger partial charge in [0.15, 0.2) is 5.78 Å². The summed E-state index contributed by atoms with van der Waals surface area (Å²) in [5.74, 6) is 0.301. The highest BCUT2D eigenvalue weighted by atomic mass is 16.5. The number of Topliss-reactive ketones (excluding diaryl/α,β-unsaturated/α-hetero) is 1. The summed E-state index contributed by atoms with van der Waals surface area (Å²) in [5, 5.41) is 1.81. The fraction of sp³-hybridized carbons (Fsp3) is 0.368. The number of benzene rings is 2. The Morgan fingerprint density at radius 1 is 1.09 bits per heavy atom. The number of hydrogen-bond acceptors (Lipinski definition) is 4. The molecule has 0 amide bonds. The Morgan fingerprint density at radius 2 is 1.78 bits per heavy atom. The van der Waals surface area contributed by atoms with Gasteiger partial charge in [0, 0.05) is 5.41 Å².